The van der Waals surface area contributed by atoms with Crippen LogP contribution in [0.1, 0.15) is 28.0 Å². The van der Waals surface area contributed by atoms with Crippen LogP contribution in [0, 0.1) is 12.3 Å². The molecule has 1 heterocycles. The number of carboxylic acids is 1. The van der Waals surface area contributed by atoms with E-state index >= 15 is 0 Å². The smallest absolute Gasteiger partial charge is 0.336 e. The minimum Gasteiger partial charge on any atom is -0.478 e. The average molecular weight is 422 g/mol. The van der Waals surface area contributed by atoms with E-state index in [0.717, 1.165) is 22.5 Å². The van der Waals surface area contributed by atoms with Gasteiger partial charge in [0, 0.05) is 24.7 Å². The lowest BCUT2D eigenvalue weighted by Crippen LogP contribution is -2.24. The molecule has 0 fully saturated rings. The van der Waals surface area contributed by atoms with Gasteiger partial charge in [-0.15, -0.1) is 12.3 Å². The molecule has 32 heavy (non-hydrogen) atoms. The second-order valence-corrected chi connectivity index (χ2v) is 7.45. The van der Waals surface area contributed by atoms with Gasteiger partial charge in [-0.25, -0.2) is 9.59 Å². The van der Waals surface area contributed by atoms with Gasteiger partial charge >= 0.3 is 11.7 Å². The zero-order valence-corrected chi connectivity index (χ0v) is 17.4. The predicted octanol–water partition coefficient (Wildman–Crippen LogP) is 4.62. The maximum Gasteiger partial charge on any atom is 0.336 e. The maximum atomic E-state index is 13.2. The Kier molecular flexibility index (Phi) is 6.05. The van der Waals surface area contributed by atoms with Crippen molar-refractivity contribution in [3.05, 3.63) is 112 Å². The number of aryl methyl sites for hydroxylation is 1. The van der Waals surface area contributed by atoms with Crippen LogP contribution in [0.2, 0.25) is 0 Å². The molecular formula is C27H22N2O3. The summed E-state index contributed by atoms with van der Waals surface area (Å²) in [7, 11) is 0. The lowest BCUT2D eigenvalue weighted by molar-refractivity contribution is 0.0697. The molecule has 4 aromatic rings. The molecule has 0 saturated carbocycles. The van der Waals surface area contributed by atoms with Crippen molar-refractivity contribution in [2.75, 3.05) is 0 Å². The van der Waals surface area contributed by atoms with E-state index in [4.69, 9.17) is 6.42 Å². The first-order valence-electron chi connectivity index (χ1n) is 10.3. The Bertz CT molecular complexity index is 1340. The number of aromatic nitrogens is 2. The number of carbonyl (C=O) groups is 1. The van der Waals surface area contributed by atoms with Crippen molar-refractivity contribution < 1.29 is 9.90 Å². The number of hydrogen-bond donors (Lipinski definition) is 1. The van der Waals surface area contributed by atoms with Crippen molar-refractivity contribution >= 4 is 5.97 Å². The van der Waals surface area contributed by atoms with E-state index < -0.39 is 5.97 Å². The molecule has 1 N–H and O–H groups in total. The van der Waals surface area contributed by atoms with Crippen LogP contribution in [0.5, 0.6) is 0 Å². The summed E-state index contributed by atoms with van der Waals surface area (Å²) in [6.07, 6.45) is 8.46. The van der Waals surface area contributed by atoms with Crippen LogP contribution in [0.4, 0.5) is 0 Å². The maximum absolute atomic E-state index is 13.2. The molecular weight excluding hydrogens is 400 g/mol. The zero-order valence-electron chi connectivity index (χ0n) is 17.4. The topological polar surface area (TPSA) is 64.2 Å². The Hall–Kier alpha value is -4.30. The minimum absolute atomic E-state index is 0.122. The predicted molar refractivity (Wildman–Crippen MR) is 125 cm³/mol. The fraction of sp³-hybridized carbons (Fsp3) is 0.111. The summed E-state index contributed by atoms with van der Waals surface area (Å²) in [4.78, 5) is 24.7. The highest BCUT2D eigenvalue weighted by molar-refractivity contribution is 5.95. The van der Waals surface area contributed by atoms with Crippen LogP contribution in [-0.4, -0.2) is 20.2 Å². The Morgan fingerprint density at radius 3 is 2.31 bits per heavy atom. The van der Waals surface area contributed by atoms with E-state index in [1.54, 1.807) is 27.3 Å². The van der Waals surface area contributed by atoms with Crippen LogP contribution in [0.15, 0.2) is 89.9 Å². The number of carboxylic acid groups (broad SMARTS) is 1. The second-order valence-electron chi connectivity index (χ2n) is 7.45. The third kappa shape index (κ3) is 4.26. The van der Waals surface area contributed by atoms with E-state index in [-0.39, 0.29) is 11.3 Å². The molecule has 3 aromatic carbocycles. The average Bonchev–Trinajstić information content (AvgIpc) is 3.14. The van der Waals surface area contributed by atoms with Crippen LogP contribution in [-0.2, 0) is 13.0 Å². The van der Waals surface area contributed by atoms with Gasteiger partial charge in [0.2, 0.25) is 0 Å². The van der Waals surface area contributed by atoms with Crippen LogP contribution < -0.4 is 5.69 Å². The molecule has 0 amide bonds. The summed E-state index contributed by atoms with van der Waals surface area (Å²) >= 11 is 0. The molecule has 1 aromatic heterocycles. The first-order chi connectivity index (χ1) is 15.6. The molecule has 158 valence electrons. The Balaban J connectivity index is 1.67. The summed E-state index contributed by atoms with van der Waals surface area (Å²) in [6.45, 7) is 0.402. The van der Waals surface area contributed by atoms with Gasteiger partial charge in [-0.3, -0.25) is 9.13 Å². The molecule has 5 nitrogen and oxygen atoms in total. The Labute approximate surface area is 186 Å². The highest BCUT2D eigenvalue weighted by Crippen LogP contribution is 2.24. The molecule has 0 aliphatic carbocycles. The summed E-state index contributed by atoms with van der Waals surface area (Å²) in [5.41, 5.74) is 4.23. The van der Waals surface area contributed by atoms with Gasteiger partial charge in [-0.2, -0.15) is 0 Å². The van der Waals surface area contributed by atoms with Crippen LogP contribution in [0.3, 0.4) is 0 Å². The number of rotatable bonds is 7. The van der Waals surface area contributed by atoms with E-state index in [1.807, 2.05) is 66.9 Å². The SMILES string of the molecule is C#CCCc1cn(-c2ccccc2)c(=O)n1Cc1ccc(-c2ccccc2C(=O)O)cc1. The van der Waals surface area contributed by atoms with Crippen LogP contribution in [0.25, 0.3) is 16.8 Å². The summed E-state index contributed by atoms with van der Waals surface area (Å²) < 4.78 is 3.38. The third-order valence-electron chi connectivity index (χ3n) is 5.38. The van der Waals surface area contributed by atoms with Gasteiger partial charge in [-0.05, 0) is 34.9 Å². The molecule has 5 heteroatoms. The van der Waals surface area contributed by atoms with Gasteiger partial charge < -0.3 is 5.11 Å². The van der Waals surface area contributed by atoms with E-state index in [1.165, 1.54) is 0 Å². The number of benzene rings is 3. The van der Waals surface area contributed by atoms with E-state index in [0.29, 0.717) is 24.9 Å². The third-order valence-corrected chi connectivity index (χ3v) is 5.38. The Morgan fingerprint density at radius 1 is 0.938 bits per heavy atom. The quantitative estimate of drug-likeness (QED) is 0.442. The van der Waals surface area contributed by atoms with Gasteiger partial charge in [0.1, 0.15) is 0 Å². The highest BCUT2D eigenvalue weighted by Gasteiger charge is 2.14. The number of para-hydroxylation sites is 1. The van der Waals surface area contributed by atoms with Crippen molar-refractivity contribution in [2.24, 2.45) is 0 Å². The fourth-order valence-electron chi connectivity index (χ4n) is 3.76. The molecule has 0 radical (unpaired) electrons. The molecule has 0 atom stereocenters. The van der Waals surface area contributed by atoms with Gasteiger partial charge in [0.15, 0.2) is 0 Å². The zero-order chi connectivity index (χ0) is 22.5. The van der Waals surface area contributed by atoms with Gasteiger partial charge in [0.05, 0.1) is 17.8 Å². The van der Waals surface area contributed by atoms with Crippen molar-refractivity contribution in [3.8, 4) is 29.2 Å². The minimum atomic E-state index is -0.961. The number of aromatic carboxylic acids is 1. The first-order valence-corrected chi connectivity index (χ1v) is 10.3. The number of terminal acetylenes is 1. The molecule has 0 aliphatic heterocycles. The largest absolute Gasteiger partial charge is 0.478 e. The van der Waals surface area contributed by atoms with Crippen molar-refractivity contribution in [2.45, 2.75) is 19.4 Å². The molecule has 0 aliphatic rings. The molecule has 0 saturated heterocycles. The summed E-state index contributed by atoms with van der Waals surface area (Å²) in [6, 6.07) is 24.0. The number of nitrogens with zero attached hydrogens (tertiary/aromatic N) is 2. The molecule has 0 spiro atoms. The van der Waals surface area contributed by atoms with Gasteiger partial charge in [0.25, 0.3) is 0 Å². The number of hydrogen-bond acceptors (Lipinski definition) is 2. The highest BCUT2D eigenvalue weighted by atomic mass is 16.4. The van der Waals surface area contributed by atoms with E-state index in [2.05, 4.69) is 5.92 Å². The van der Waals surface area contributed by atoms with E-state index in [9.17, 15) is 14.7 Å². The van der Waals surface area contributed by atoms with Crippen LogP contribution >= 0.6 is 0 Å². The normalized spacial score (nSPS) is 10.6. The lowest BCUT2D eigenvalue weighted by Gasteiger charge is -2.09. The standard InChI is InChI=1S/C27H22N2O3/c1-2-3-9-23-19-29(22-10-5-4-6-11-22)27(32)28(23)18-20-14-16-21(17-15-20)24-12-7-8-13-25(24)26(30)31/h1,4-8,10-17,19H,3,9,18H2,(H,30,31). The summed E-state index contributed by atoms with van der Waals surface area (Å²) in [5, 5.41) is 9.45. The molecule has 4 rings (SSSR count). The second kappa shape index (κ2) is 9.23. The first kappa shape index (κ1) is 21.0. The van der Waals surface area contributed by atoms with Gasteiger partial charge in [-0.1, -0.05) is 60.7 Å². The monoisotopic (exact) mass is 422 g/mol. The fourth-order valence-corrected chi connectivity index (χ4v) is 3.76. The lowest BCUT2D eigenvalue weighted by atomic mass is 9.99. The Morgan fingerprint density at radius 2 is 1.62 bits per heavy atom. The molecule has 0 unspecified atom stereocenters. The van der Waals surface area contributed by atoms with Crippen molar-refractivity contribution in [3.63, 3.8) is 0 Å². The number of imidazole rings is 1. The summed E-state index contributed by atoms with van der Waals surface area (Å²) in [5.74, 6) is 1.68. The molecule has 0 bridgehead atoms. The van der Waals surface area contributed by atoms with Crippen molar-refractivity contribution in [1.29, 1.82) is 0 Å². The van der Waals surface area contributed by atoms with Crippen molar-refractivity contribution in [1.82, 2.24) is 9.13 Å².